The van der Waals surface area contributed by atoms with Crippen LogP contribution < -0.4 is 0 Å². The lowest BCUT2D eigenvalue weighted by atomic mass is 10.0. The van der Waals surface area contributed by atoms with Crippen molar-refractivity contribution in [3.8, 4) is 28.3 Å². The Hall–Kier alpha value is -6.35. The second-order valence-electron chi connectivity index (χ2n) is 11.8. The van der Waals surface area contributed by atoms with Crippen LogP contribution in [-0.4, -0.2) is 14.5 Å². The minimum Gasteiger partial charge on any atom is -0.292 e. The summed E-state index contributed by atoms with van der Waals surface area (Å²) >= 11 is 1.56. The van der Waals surface area contributed by atoms with E-state index in [2.05, 4.69) is 70.1 Å². The summed E-state index contributed by atoms with van der Waals surface area (Å²) in [5, 5.41) is 7.43. The topological polar surface area (TPSA) is 35.1 Å². The molecule has 0 saturated carbocycles. The number of rotatable bonds is 3. The molecule has 0 radical (unpaired) electrons. The van der Waals surface area contributed by atoms with Gasteiger partial charge in [0.25, 0.3) is 0 Å². The minimum atomic E-state index is -0.427. The predicted octanol–water partition coefficient (Wildman–Crippen LogP) is 12.1. The number of hydrogen-bond donors (Lipinski definition) is 0. The van der Waals surface area contributed by atoms with Gasteiger partial charge in [-0.2, -0.15) is 0 Å². The molecule has 0 fully saturated rings. The van der Waals surface area contributed by atoms with Crippen LogP contribution in [0.5, 0.6) is 0 Å². The van der Waals surface area contributed by atoms with Gasteiger partial charge in [-0.1, -0.05) is 121 Å². The molecule has 222 valence electrons. The molecule has 3 aromatic heterocycles. The molecule has 5 heteroatoms. The van der Waals surface area contributed by atoms with E-state index < -0.39 is 6.04 Å². The van der Waals surface area contributed by atoms with Crippen molar-refractivity contribution < 1.29 is 6.85 Å². The van der Waals surface area contributed by atoms with Crippen LogP contribution >= 0.6 is 11.3 Å². The van der Waals surface area contributed by atoms with Crippen LogP contribution in [-0.2, 0) is 0 Å². The molecule has 3 heterocycles. The zero-order valence-corrected chi connectivity index (χ0v) is 26.0. The highest BCUT2D eigenvalue weighted by molar-refractivity contribution is 7.26. The van der Waals surface area contributed by atoms with Gasteiger partial charge in [-0.3, -0.25) is 4.57 Å². The average Bonchev–Trinajstić information content (AvgIpc) is 3.73. The number of hydrogen-bond acceptors (Lipinski definition) is 3. The maximum Gasteiger partial charge on any atom is 0.187 e. The summed E-state index contributed by atoms with van der Waals surface area (Å²) < 4.78 is 46.1. The highest BCUT2D eigenvalue weighted by Crippen LogP contribution is 2.43. The molecular weight excluding hydrogens is 605 g/mol. The van der Waals surface area contributed by atoms with E-state index in [1.807, 2.05) is 42.5 Å². The molecule has 10 rings (SSSR count). The molecule has 10 aromatic rings. The van der Waals surface area contributed by atoms with E-state index in [9.17, 15) is 0 Å². The molecule has 0 atom stereocenters. The fourth-order valence-corrected chi connectivity index (χ4v) is 7.93. The Balaban J connectivity index is 1.36. The summed E-state index contributed by atoms with van der Waals surface area (Å²) in [5.41, 5.74) is 4.62. The minimum absolute atomic E-state index is 0.141. The molecule has 0 spiro atoms. The number of benzene rings is 7. The SMILES string of the molecule is [2H]c1c([2H])c([2H])c(-c2ccc3sc4c(-n5c6cc7ccccc7cc6c6ccc7ccccc7c65)nc(-c5ccc([N+]#[C-])cc5)nc4c3c2)c([2H])c1[2H]. The van der Waals surface area contributed by atoms with Gasteiger partial charge in [0.05, 0.1) is 34.7 Å². The first-order valence-electron chi connectivity index (χ1n) is 18.0. The van der Waals surface area contributed by atoms with Gasteiger partial charge in [-0.05, 0) is 51.6 Å². The first-order chi connectivity index (χ1) is 25.8. The van der Waals surface area contributed by atoms with Crippen LogP contribution in [0.4, 0.5) is 5.69 Å². The van der Waals surface area contributed by atoms with Gasteiger partial charge in [0.1, 0.15) is 0 Å². The molecule has 0 unspecified atom stereocenters. The third-order valence-electron chi connectivity index (χ3n) is 9.07. The van der Waals surface area contributed by atoms with Gasteiger partial charge >= 0.3 is 0 Å². The lowest BCUT2D eigenvalue weighted by molar-refractivity contribution is 1.09. The van der Waals surface area contributed by atoms with Crippen LogP contribution in [0.15, 0.2) is 145 Å². The zero-order chi connectivity index (χ0) is 36.1. The molecule has 0 amide bonds. The Labute approximate surface area is 286 Å². The number of nitrogens with zero attached hydrogens (tertiary/aromatic N) is 4. The molecule has 4 nitrogen and oxygen atoms in total. The summed E-state index contributed by atoms with van der Waals surface area (Å²) in [6, 6.07) is 36.7. The molecule has 0 saturated heterocycles. The van der Waals surface area contributed by atoms with E-state index in [0.717, 1.165) is 63.7 Å². The first-order valence-corrected chi connectivity index (χ1v) is 16.3. The summed E-state index contributed by atoms with van der Waals surface area (Å²) in [4.78, 5) is 14.1. The molecule has 48 heavy (non-hydrogen) atoms. The Bertz CT molecular complexity index is 3220. The van der Waals surface area contributed by atoms with Gasteiger partial charge in [0.2, 0.25) is 0 Å². The molecule has 7 aromatic carbocycles. The van der Waals surface area contributed by atoms with Crippen molar-refractivity contribution in [2.75, 3.05) is 0 Å². The molecule has 0 aliphatic carbocycles. The predicted molar refractivity (Wildman–Crippen MR) is 201 cm³/mol. The summed E-state index contributed by atoms with van der Waals surface area (Å²) in [6.07, 6.45) is 0. The molecule has 0 aliphatic rings. The van der Waals surface area contributed by atoms with Crippen LogP contribution in [0.1, 0.15) is 6.85 Å². The second-order valence-corrected chi connectivity index (χ2v) is 12.8. The highest BCUT2D eigenvalue weighted by Gasteiger charge is 2.22. The van der Waals surface area contributed by atoms with E-state index in [4.69, 9.17) is 23.4 Å². The standard InChI is InChI=1S/C43H24N4S/c1-44-32-19-15-28(16-20-32)42-45-39-36-24-31(26-9-3-2-4-10-26)18-22-38(36)48-41(39)43(46-42)47-37-25-30-13-6-5-12-29(30)23-35(37)34-21-17-27-11-7-8-14-33(27)40(34)47/h2-25H/i2D,3D,4D,9D,10D. The van der Waals surface area contributed by atoms with Crippen LogP contribution in [0.3, 0.4) is 0 Å². The molecule has 0 N–H and O–H groups in total. The lowest BCUT2D eigenvalue weighted by Crippen LogP contribution is -2.02. The van der Waals surface area contributed by atoms with Crippen LogP contribution in [0, 0.1) is 6.57 Å². The van der Waals surface area contributed by atoms with Crippen LogP contribution in [0.25, 0.3) is 96.8 Å². The van der Waals surface area contributed by atoms with Gasteiger partial charge in [0, 0.05) is 31.8 Å². The number of aromatic nitrogens is 3. The quantitative estimate of drug-likeness (QED) is 0.181. The van der Waals surface area contributed by atoms with Crippen molar-refractivity contribution in [2.24, 2.45) is 0 Å². The van der Waals surface area contributed by atoms with E-state index in [1.54, 1.807) is 23.5 Å². The third-order valence-corrected chi connectivity index (χ3v) is 10.2. The summed E-state index contributed by atoms with van der Waals surface area (Å²) in [6.45, 7) is 7.49. The van der Waals surface area contributed by atoms with Crippen molar-refractivity contribution in [3.05, 3.63) is 157 Å². The van der Waals surface area contributed by atoms with Gasteiger partial charge < -0.3 is 0 Å². The first kappa shape index (κ1) is 22.2. The van der Waals surface area contributed by atoms with E-state index in [1.165, 1.54) is 0 Å². The molecular formula is C43H24N4S. The third kappa shape index (κ3) is 4.00. The molecule has 0 aliphatic heterocycles. The van der Waals surface area contributed by atoms with Gasteiger partial charge in [-0.25, -0.2) is 14.8 Å². The van der Waals surface area contributed by atoms with Crippen molar-refractivity contribution >= 4 is 80.7 Å². The monoisotopic (exact) mass is 633 g/mol. The fraction of sp³-hybridized carbons (Fsp3) is 0. The number of fused-ring (bicyclic) bond motifs is 9. The summed E-state index contributed by atoms with van der Waals surface area (Å²) in [5.74, 6) is 1.18. The van der Waals surface area contributed by atoms with E-state index in [0.29, 0.717) is 28.4 Å². The Kier molecular flexibility index (Phi) is 4.78. The van der Waals surface area contributed by atoms with Crippen molar-refractivity contribution in [2.45, 2.75) is 0 Å². The lowest BCUT2D eigenvalue weighted by Gasteiger charge is -2.12. The maximum absolute atomic E-state index is 8.67. The summed E-state index contributed by atoms with van der Waals surface area (Å²) in [7, 11) is 0. The Morgan fingerprint density at radius 1 is 0.625 bits per heavy atom. The van der Waals surface area contributed by atoms with Crippen molar-refractivity contribution in [3.63, 3.8) is 0 Å². The highest BCUT2D eigenvalue weighted by atomic mass is 32.1. The van der Waals surface area contributed by atoms with Gasteiger partial charge in [-0.15, -0.1) is 11.3 Å². The van der Waals surface area contributed by atoms with Crippen molar-refractivity contribution in [1.29, 1.82) is 0 Å². The molecule has 0 bridgehead atoms. The Morgan fingerprint density at radius 3 is 2.19 bits per heavy atom. The van der Waals surface area contributed by atoms with Crippen LogP contribution in [0.2, 0.25) is 0 Å². The Morgan fingerprint density at radius 2 is 1.38 bits per heavy atom. The number of thiophene rings is 1. The second kappa shape index (κ2) is 10.3. The van der Waals surface area contributed by atoms with E-state index >= 15 is 0 Å². The normalized spacial score (nSPS) is 13.2. The average molecular weight is 634 g/mol. The maximum atomic E-state index is 8.67. The van der Waals surface area contributed by atoms with Gasteiger partial charge in [0.15, 0.2) is 17.3 Å². The smallest absolute Gasteiger partial charge is 0.187 e. The fourth-order valence-electron chi connectivity index (χ4n) is 6.83. The zero-order valence-electron chi connectivity index (χ0n) is 30.2. The van der Waals surface area contributed by atoms with Crippen molar-refractivity contribution in [1.82, 2.24) is 14.5 Å². The van der Waals surface area contributed by atoms with E-state index in [-0.39, 0.29) is 29.7 Å². The largest absolute Gasteiger partial charge is 0.292 e.